The number of ether oxygens (including phenoxy) is 2. The van der Waals surface area contributed by atoms with Crippen LogP contribution in [0.5, 0.6) is 0 Å². The van der Waals surface area contributed by atoms with E-state index in [1.165, 1.54) is 14.0 Å². The first-order valence-corrected chi connectivity index (χ1v) is 6.54. The highest BCUT2D eigenvalue weighted by Gasteiger charge is 2.57. The van der Waals surface area contributed by atoms with Crippen LogP contribution in [0.3, 0.4) is 0 Å². The summed E-state index contributed by atoms with van der Waals surface area (Å²) in [7, 11) is 2.83. The molecular formula is C14H22O5. The van der Waals surface area contributed by atoms with E-state index in [0.717, 1.165) is 0 Å². The molecule has 1 aliphatic carbocycles. The molecule has 0 amide bonds. The van der Waals surface area contributed by atoms with Gasteiger partial charge in [0.25, 0.3) is 0 Å². The molecule has 0 spiro atoms. The smallest absolute Gasteiger partial charge is 0.319 e. The molecule has 0 bridgehead atoms. The minimum atomic E-state index is -1.21. The van der Waals surface area contributed by atoms with E-state index in [2.05, 4.69) is 0 Å². The van der Waals surface area contributed by atoms with Gasteiger partial charge in [0, 0.05) is 25.9 Å². The van der Waals surface area contributed by atoms with Gasteiger partial charge < -0.3 is 14.3 Å². The maximum atomic E-state index is 12.3. The van der Waals surface area contributed by atoms with Crippen LogP contribution in [0.4, 0.5) is 0 Å². The number of hydrogen-bond donors (Lipinski definition) is 0. The van der Waals surface area contributed by atoms with Gasteiger partial charge in [-0.15, -0.1) is 0 Å². The third-order valence-corrected chi connectivity index (χ3v) is 4.17. The Hall–Kier alpha value is -1.23. The van der Waals surface area contributed by atoms with Gasteiger partial charge in [-0.1, -0.05) is 0 Å². The predicted molar refractivity (Wildman–Crippen MR) is 68.6 cm³/mol. The second-order valence-electron chi connectivity index (χ2n) is 5.17. The van der Waals surface area contributed by atoms with Gasteiger partial charge in [-0.05, 0) is 26.7 Å². The predicted octanol–water partition coefficient (Wildman–Crippen LogP) is 1.53. The lowest BCUT2D eigenvalue weighted by molar-refractivity contribution is -0.163. The fourth-order valence-corrected chi connectivity index (χ4v) is 3.01. The second kappa shape index (κ2) is 6.28. The Morgan fingerprint density at radius 1 is 1.42 bits per heavy atom. The summed E-state index contributed by atoms with van der Waals surface area (Å²) in [6.45, 7) is 3.30. The summed E-state index contributed by atoms with van der Waals surface area (Å²) in [5.41, 5.74) is -1.21. The molecule has 0 aromatic carbocycles. The standard InChI is InChI=1S/C14H22O5/c1-9(15)7-8-14(13(17)19-4)11(10(2)18-3)5-6-12(14)16/h10-11H,5-8H2,1-4H3/t10-,11+,14-/m0/s1. The molecule has 5 nitrogen and oxygen atoms in total. The molecule has 1 rings (SSSR count). The van der Waals surface area contributed by atoms with Gasteiger partial charge in [0.2, 0.25) is 0 Å². The molecule has 0 saturated heterocycles. The lowest BCUT2D eigenvalue weighted by Gasteiger charge is -2.34. The Labute approximate surface area is 113 Å². The number of carbonyl (C=O) groups is 3. The van der Waals surface area contributed by atoms with E-state index < -0.39 is 11.4 Å². The Kier molecular flexibility index (Phi) is 5.23. The van der Waals surface area contributed by atoms with E-state index in [1.54, 1.807) is 7.11 Å². The third-order valence-electron chi connectivity index (χ3n) is 4.17. The van der Waals surface area contributed by atoms with Crippen molar-refractivity contribution in [3.63, 3.8) is 0 Å². The Balaban J connectivity index is 3.12. The molecule has 0 N–H and O–H groups in total. The number of Topliss-reactive ketones (excluding diaryl/α,β-unsaturated/α-hetero) is 2. The van der Waals surface area contributed by atoms with Crippen molar-refractivity contribution in [1.82, 2.24) is 0 Å². The molecule has 0 unspecified atom stereocenters. The van der Waals surface area contributed by atoms with Crippen molar-refractivity contribution in [3.05, 3.63) is 0 Å². The lowest BCUT2D eigenvalue weighted by Crippen LogP contribution is -2.46. The molecule has 0 aromatic heterocycles. The Bertz CT molecular complexity index is 376. The van der Waals surface area contributed by atoms with Gasteiger partial charge >= 0.3 is 5.97 Å². The maximum Gasteiger partial charge on any atom is 0.319 e. The zero-order valence-corrected chi connectivity index (χ0v) is 12.0. The number of hydrogen-bond acceptors (Lipinski definition) is 5. The third kappa shape index (κ3) is 2.86. The highest BCUT2D eigenvalue weighted by molar-refractivity contribution is 6.06. The van der Waals surface area contributed by atoms with Crippen LogP contribution >= 0.6 is 0 Å². The van der Waals surface area contributed by atoms with Crippen LogP contribution in [0.15, 0.2) is 0 Å². The van der Waals surface area contributed by atoms with E-state index in [1.807, 2.05) is 6.92 Å². The molecule has 1 fully saturated rings. The molecule has 0 aromatic rings. The fraction of sp³-hybridized carbons (Fsp3) is 0.786. The Morgan fingerprint density at radius 3 is 2.53 bits per heavy atom. The van der Waals surface area contributed by atoms with Gasteiger partial charge in [0.1, 0.15) is 11.2 Å². The summed E-state index contributed by atoms with van der Waals surface area (Å²) in [5.74, 6) is -0.928. The minimum Gasteiger partial charge on any atom is -0.468 e. The van der Waals surface area contributed by atoms with E-state index in [-0.39, 0.29) is 36.4 Å². The molecule has 19 heavy (non-hydrogen) atoms. The highest BCUT2D eigenvalue weighted by atomic mass is 16.5. The molecule has 5 heteroatoms. The SMILES string of the molecule is COC(=O)[C@]1(CCC(C)=O)C(=O)CC[C@@H]1[C@H](C)OC. The molecule has 0 aliphatic heterocycles. The monoisotopic (exact) mass is 270 g/mol. The number of ketones is 2. The van der Waals surface area contributed by atoms with Crippen molar-refractivity contribution in [2.75, 3.05) is 14.2 Å². The molecule has 3 atom stereocenters. The summed E-state index contributed by atoms with van der Waals surface area (Å²) in [5, 5.41) is 0. The topological polar surface area (TPSA) is 69.7 Å². The average molecular weight is 270 g/mol. The van der Waals surface area contributed by atoms with Gasteiger partial charge in [-0.3, -0.25) is 9.59 Å². The van der Waals surface area contributed by atoms with E-state index in [4.69, 9.17) is 9.47 Å². The van der Waals surface area contributed by atoms with Crippen molar-refractivity contribution in [2.24, 2.45) is 11.3 Å². The first kappa shape index (κ1) is 15.8. The van der Waals surface area contributed by atoms with Gasteiger partial charge in [0.15, 0.2) is 5.78 Å². The van der Waals surface area contributed by atoms with Crippen LogP contribution in [-0.2, 0) is 23.9 Å². The largest absolute Gasteiger partial charge is 0.468 e. The van der Waals surface area contributed by atoms with Crippen LogP contribution in [0.1, 0.15) is 39.5 Å². The zero-order valence-electron chi connectivity index (χ0n) is 12.0. The van der Waals surface area contributed by atoms with E-state index >= 15 is 0 Å². The van der Waals surface area contributed by atoms with Gasteiger partial charge in [-0.2, -0.15) is 0 Å². The van der Waals surface area contributed by atoms with E-state index in [9.17, 15) is 14.4 Å². The van der Waals surface area contributed by atoms with E-state index in [0.29, 0.717) is 12.8 Å². The molecule has 1 saturated carbocycles. The quantitative estimate of drug-likeness (QED) is 0.540. The maximum absolute atomic E-state index is 12.3. The average Bonchev–Trinajstić information content (AvgIpc) is 2.72. The molecule has 0 radical (unpaired) electrons. The van der Waals surface area contributed by atoms with Crippen molar-refractivity contribution in [1.29, 1.82) is 0 Å². The van der Waals surface area contributed by atoms with Crippen LogP contribution in [0, 0.1) is 11.3 Å². The number of rotatable bonds is 6. The molecule has 108 valence electrons. The van der Waals surface area contributed by atoms with Crippen molar-refractivity contribution >= 4 is 17.5 Å². The Morgan fingerprint density at radius 2 is 2.05 bits per heavy atom. The first-order chi connectivity index (χ1) is 8.90. The minimum absolute atomic E-state index is 0.0354. The number of carbonyl (C=O) groups excluding carboxylic acids is 3. The number of esters is 1. The second-order valence-corrected chi connectivity index (χ2v) is 5.17. The summed E-state index contributed by atoms with van der Waals surface area (Å²) < 4.78 is 10.1. The number of methoxy groups -OCH3 is 2. The molecule has 1 aliphatic rings. The highest BCUT2D eigenvalue weighted by Crippen LogP contribution is 2.47. The van der Waals surface area contributed by atoms with Crippen LogP contribution < -0.4 is 0 Å². The zero-order chi connectivity index (χ0) is 14.6. The fourth-order valence-electron chi connectivity index (χ4n) is 3.01. The lowest BCUT2D eigenvalue weighted by atomic mass is 9.71. The van der Waals surface area contributed by atoms with Crippen LogP contribution in [-0.4, -0.2) is 37.9 Å². The van der Waals surface area contributed by atoms with Gasteiger partial charge in [0.05, 0.1) is 13.2 Å². The molecular weight excluding hydrogens is 248 g/mol. The summed E-state index contributed by atoms with van der Waals surface area (Å²) in [6, 6.07) is 0. The summed E-state index contributed by atoms with van der Waals surface area (Å²) >= 11 is 0. The van der Waals surface area contributed by atoms with Crippen LogP contribution in [0.25, 0.3) is 0 Å². The summed E-state index contributed by atoms with van der Waals surface area (Å²) in [4.78, 5) is 35.7. The first-order valence-electron chi connectivity index (χ1n) is 6.54. The molecule has 0 heterocycles. The van der Waals surface area contributed by atoms with Crippen molar-refractivity contribution in [2.45, 2.75) is 45.6 Å². The normalized spacial score (nSPS) is 28.2. The van der Waals surface area contributed by atoms with Crippen molar-refractivity contribution in [3.8, 4) is 0 Å². The van der Waals surface area contributed by atoms with Gasteiger partial charge in [-0.25, -0.2) is 0 Å². The van der Waals surface area contributed by atoms with Crippen LogP contribution in [0.2, 0.25) is 0 Å². The summed E-state index contributed by atoms with van der Waals surface area (Å²) in [6.07, 6.45) is 1.13. The van der Waals surface area contributed by atoms with Crippen molar-refractivity contribution < 1.29 is 23.9 Å².